The molecule has 2 atom stereocenters. The second-order valence-corrected chi connectivity index (χ2v) is 3.93. The molecular formula is C12H12NO4-. The average molecular weight is 234 g/mol. The second kappa shape index (κ2) is 4.08. The van der Waals surface area contributed by atoms with Crippen LogP contribution < -0.4 is 14.7 Å². The van der Waals surface area contributed by atoms with Crippen LogP contribution in [0.5, 0.6) is 5.75 Å². The topological polar surface area (TPSA) is 69.7 Å². The molecule has 90 valence electrons. The molecule has 0 fully saturated rings. The Bertz CT molecular complexity index is 471. The van der Waals surface area contributed by atoms with Crippen LogP contribution in [0.3, 0.4) is 0 Å². The number of anilines is 1. The zero-order valence-corrected chi connectivity index (χ0v) is 9.54. The lowest BCUT2D eigenvalue weighted by Gasteiger charge is -2.37. The number of nitrogens with zero attached hydrogens (tertiary/aromatic N) is 1. The van der Waals surface area contributed by atoms with Crippen molar-refractivity contribution in [2.45, 2.75) is 26.0 Å². The zero-order valence-electron chi connectivity index (χ0n) is 9.54. The third kappa shape index (κ3) is 1.84. The van der Waals surface area contributed by atoms with Crippen molar-refractivity contribution < 1.29 is 19.4 Å². The molecular weight excluding hydrogens is 222 g/mol. The quantitative estimate of drug-likeness (QED) is 0.718. The number of carbonyl (C=O) groups excluding carboxylic acids is 2. The van der Waals surface area contributed by atoms with Crippen molar-refractivity contribution >= 4 is 17.6 Å². The van der Waals surface area contributed by atoms with Gasteiger partial charge in [0.2, 0.25) is 0 Å². The maximum absolute atomic E-state index is 11.9. The van der Waals surface area contributed by atoms with E-state index >= 15 is 0 Å². The van der Waals surface area contributed by atoms with Crippen molar-refractivity contribution in [2.24, 2.45) is 0 Å². The third-order valence-corrected chi connectivity index (χ3v) is 2.74. The van der Waals surface area contributed by atoms with Crippen LogP contribution in [0.25, 0.3) is 0 Å². The third-order valence-electron chi connectivity index (χ3n) is 2.74. The molecule has 0 spiro atoms. The highest BCUT2D eigenvalue weighted by Gasteiger charge is 2.34. The minimum atomic E-state index is -1.29. The summed E-state index contributed by atoms with van der Waals surface area (Å²) in [5.74, 6) is -1.16. The first-order valence-electron chi connectivity index (χ1n) is 5.32. The van der Waals surface area contributed by atoms with E-state index < -0.39 is 18.1 Å². The van der Waals surface area contributed by atoms with Crippen molar-refractivity contribution in [3.63, 3.8) is 0 Å². The Balaban J connectivity index is 2.49. The van der Waals surface area contributed by atoms with Crippen LogP contribution in [-0.2, 0) is 9.59 Å². The molecule has 0 saturated carbocycles. The first-order chi connectivity index (χ1) is 8.02. The summed E-state index contributed by atoms with van der Waals surface area (Å²) >= 11 is 0. The Kier molecular flexibility index (Phi) is 2.75. The predicted octanol–water partition coefficient (Wildman–Crippen LogP) is -0.0611. The number of rotatable bonds is 2. The van der Waals surface area contributed by atoms with Gasteiger partial charge in [-0.1, -0.05) is 12.1 Å². The van der Waals surface area contributed by atoms with E-state index in [-0.39, 0.29) is 5.91 Å². The van der Waals surface area contributed by atoms with Crippen LogP contribution in [0.15, 0.2) is 24.3 Å². The largest absolute Gasteiger partial charge is 0.548 e. The van der Waals surface area contributed by atoms with Crippen LogP contribution in [0, 0.1) is 0 Å². The monoisotopic (exact) mass is 234 g/mol. The molecule has 17 heavy (non-hydrogen) atoms. The maximum atomic E-state index is 11.9. The smallest absolute Gasteiger partial charge is 0.268 e. The molecule has 1 amide bonds. The van der Waals surface area contributed by atoms with Gasteiger partial charge in [0.1, 0.15) is 5.75 Å². The van der Waals surface area contributed by atoms with Gasteiger partial charge in [-0.3, -0.25) is 9.69 Å². The molecule has 0 aromatic heterocycles. The average Bonchev–Trinajstić information content (AvgIpc) is 2.30. The summed E-state index contributed by atoms with van der Waals surface area (Å²) in [5, 5.41) is 10.9. The van der Waals surface area contributed by atoms with Gasteiger partial charge >= 0.3 is 0 Å². The van der Waals surface area contributed by atoms with Gasteiger partial charge in [0, 0.05) is 0 Å². The molecule has 0 bridgehead atoms. The number of hydrogen-bond acceptors (Lipinski definition) is 4. The lowest BCUT2D eigenvalue weighted by atomic mass is 10.1. The number of benzene rings is 1. The molecule has 1 aromatic carbocycles. The van der Waals surface area contributed by atoms with E-state index in [1.165, 1.54) is 11.8 Å². The van der Waals surface area contributed by atoms with Crippen molar-refractivity contribution in [1.29, 1.82) is 0 Å². The lowest BCUT2D eigenvalue weighted by Crippen LogP contribution is -2.54. The summed E-state index contributed by atoms with van der Waals surface area (Å²) in [5.41, 5.74) is 0.465. The number of amides is 1. The van der Waals surface area contributed by atoms with E-state index in [1.807, 2.05) is 0 Å². The molecule has 0 aliphatic carbocycles. The Morgan fingerprint density at radius 1 is 1.47 bits per heavy atom. The molecule has 5 nitrogen and oxygen atoms in total. The van der Waals surface area contributed by atoms with Crippen LogP contribution >= 0.6 is 0 Å². The van der Waals surface area contributed by atoms with Crippen molar-refractivity contribution in [2.75, 3.05) is 4.90 Å². The Hall–Kier alpha value is -2.04. The molecule has 2 rings (SSSR count). The van der Waals surface area contributed by atoms with Gasteiger partial charge in [-0.25, -0.2) is 0 Å². The van der Waals surface area contributed by atoms with Gasteiger partial charge in [-0.2, -0.15) is 0 Å². The number of carboxylic acid groups (broad SMARTS) is 1. The SMILES string of the molecule is C[C@@H]1Oc2ccccc2N([C@@H](C)C(=O)[O-])C1=O. The Labute approximate surface area is 98.6 Å². The fraction of sp³-hybridized carbons (Fsp3) is 0.333. The van der Waals surface area contributed by atoms with Gasteiger partial charge in [-0.05, 0) is 26.0 Å². The van der Waals surface area contributed by atoms with Crippen LogP contribution in [0.4, 0.5) is 5.69 Å². The van der Waals surface area contributed by atoms with Crippen molar-refractivity contribution in [1.82, 2.24) is 0 Å². The van der Waals surface area contributed by atoms with E-state index in [9.17, 15) is 14.7 Å². The molecule has 1 aliphatic heterocycles. The van der Waals surface area contributed by atoms with E-state index in [2.05, 4.69) is 0 Å². The first kappa shape index (κ1) is 11.4. The Morgan fingerprint density at radius 3 is 2.76 bits per heavy atom. The Morgan fingerprint density at radius 2 is 2.12 bits per heavy atom. The van der Waals surface area contributed by atoms with E-state index in [0.717, 1.165) is 0 Å². The van der Waals surface area contributed by atoms with Gasteiger partial charge in [0.15, 0.2) is 6.10 Å². The minimum Gasteiger partial charge on any atom is -0.548 e. The summed E-state index contributed by atoms with van der Waals surface area (Å²) in [7, 11) is 0. The van der Waals surface area contributed by atoms with Crippen LogP contribution in [0.2, 0.25) is 0 Å². The summed E-state index contributed by atoms with van der Waals surface area (Å²) in [6, 6.07) is 5.82. The molecule has 0 unspecified atom stereocenters. The highest BCUT2D eigenvalue weighted by atomic mass is 16.5. The second-order valence-electron chi connectivity index (χ2n) is 3.93. The van der Waals surface area contributed by atoms with Gasteiger partial charge in [0.05, 0.1) is 17.7 Å². The van der Waals surface area contributed by atoms with E-state index in [4.69, 9.17) is 4.74 Å². The van der Waals surface area contributed by atoms with Gasteiger partial charge < -0.3 is 14.6 Å². The summed E-state index contributed by atoms with van der Waals surface area (Å²) < 4.78 is 5.40. The number of carbonyl (C=O) groups is 2. The summed E-state index contributed by atoms with van der Waals surface area (Å²) in [4.78, 5) is 24.1. The first-order valence-corrected chi connectivity index (χ1v) is 5.32. The van der Waals surface area contributed by atoms with Gasteiger partial charge in [-0.15, -0.1) is 0 Å². The number of ether oxygens (including phenoxy) is 1. The van der Waals surface area contributed by atoms with E-state index in [1.54, 1.807) is 31.2 Å². The van der Waals surface area contributed by atoms with E-state index in [0.29, 0.717) is 11.4 Å². The molecule has 5 heteroatoms. The highest BCUT2D eigenvalue weighted by molar-refractivity contribution is 6.03. The zero-order chi connectivity index (χ0) is 12.6. The van der Waals surface area contributed by atoms with Crippen LogP contribution in [0.1, 0.15) is 13.8 Å². The predicted molar refractivity (Wildman–Crippen MR) is 58.5 cm³/mol. The number of para-hydroxylation sites is 2. The fourth-order valence-corrected chi connectivity index (χ4v) is 1.82. The summed E-state index contributed by atoms with van der Waals surface area (Å²) in [6.45, 7) is 3.01. The van der Waals surface area contributed by atoms with Crippen LogP contribution in [-0.4, -0.2) is 24.0 Å². The molecule has 1 heterocycles. The van der Waals surface area contributed by atoms with Gasteiger partial charge in [0.25, 0.3) is 5.91 Å². The minimum absolute atomic E-state index is 0.375. The number of fused-ring (bicyclic) bond motifs is 1. The number of aliphatic carboxylic acids is 1. The fourth-order valence-electron chi connectivity index (χ4n) is 1.82. The molecule has 0 radical (unpaired) electrons. The molecule has 0 N–H and O–H groups in total. The molecule has 1 aliphatic rings. The number of hydrogen-bond donors (Lipinski definition) is 0. The van der Waals surface area contributed by atoms with Crippen molar-refractivity contribution in [3.05, 3.63) is 24.3 Å². The molecule has 0 saturated heterocycles. The highest BCUT2D eigenvalue weighted by Crippen LogP contribution is 2.34. The lowest BCUT2D eigenvalue weighted by molar-refractivity contribution is -0.307. The number of carboxylic acids is 1. The van der Waals surface area contributed by atoms with Crippen molar-refractivity contribution in [3.8, 4) is 5.75 Å². The normalized spacial score (nSPS) is 20.5. The maximum Gasteiger partial charge on any atom is 0.268 e. The standard InChI is InChI=1S/C12H13NO4/c1-7(12(15)16)13-9-5-3-4-6-10(9)17-8(2)11(13)14/h3-8H,1-2H3,(H,15,16)/p-1/t7-,8-/m0/s1. The summed E-state index contributed by atoms with van der Waals surface area (Å²) in [6.07, 6.45) is -0.688. The molecule has 1 aromatic rings.